The van der Waals surface area contributed by atoms with Crippen molar-refractivity contribution in [2.75, 3.05) is 11.9 Å². The van der Waals surface area contributed by atoms with Crippen molar-refractivity contribution in [1.82, 2.24) is 0 Å². The molecule has 3 rings (SSSR count). The highest BCUT2D eigenvalue weighted by atomic mass is 32.1. The molecule has 0 spiro atoms. The van der Waals surface area contributed by atoms with E-state index < -0.39 is 11.9 Å². The van der Waals surface area contributed by atoms with Gasteiger partial charge in [0.1, 0.15) is 11.1 Å². The molecule has 0 bridgehead atoms. The van der Waals surface area contributed by atoms with Crippen LogP contribution in [0.25, 0.3) is 0 Å². The minimum Gasteiger partial charge on any atom is -0.455 e. The van der Waals surface area contributed by atoms with Crippen LogP contribution < -0.4 is 5.32 Å². The van der Waals surface area contributed by atoms with Gasteiger partial charge in [-0.05, 0) is 42.7 Å². The molecule has 0 atom stereocenters. The van der Waals surface area contributed by atoms with E-state index in [-0.39, 0.29) is 13.0 Å². The molecule has 0 unspecified atom stereocenters. The Kier molecular flexibility index (Phi) is 5.84. The highest BCUT2D eigenvalue weighted by molar-refractivity contribution is 7.16. The lowest BCUT2D eigenvalue weighted by Gasteiger charge is -2.05. The number of nitriles is 1. The second-order valence-corrected chi connectivity index (χ2v) is 7.98. The number of fused-ring (bicyclic) bond motifs is 1. The lowest BCUT2D eigenvalue weighted by Crippen LogP contribution is -2.21. The number of hydrogen-bond donors (Lipinski definition) is 1. The van der Waals surface area contributed by atoms with Crippen molar-refractivity contribution in [2.24, 2.45) is 0 Å². The monoisotopic (exact) mass is 374 g/mol. The molecule has 1 N–H and O–H groups in total. The average molecular weight is 374 g/mol. The summed E-state index contributed by atoms with van der Waals surface area (Å²) in [6, 6.07) is 5.94. The van der Waals surface area contributed by atoms with Crippen LogP contribution in [0.15, 0.2) is 17.5 Å². The summed E-state index contributed by atoms with van der Waals surface area (Å²) < 4.78 is 5.02. The van der Waals surface area contributed by atoms with Gasteiger partial charge in [0.25, 0.3) is 5.91 Å². The minimum atomic E-state index is -0.430. The first kappa shape index (κ1) is 17.6. The van der Waals surface area contributed by atoms with Crippen LogP contribution in [0.1, 0.15) is 40.1 Å². The highest BCUT2D eigenvalue weighted by Gasteiger charge is 2.21. The van der Waals surface area contributed by atoms with Crippen molar-refractivity contribution in [1.29, 1.82) is 5.26 Å². The summed E-state index contributed by atoms with van der Waals surface area (Å²) in [6.45, 7) is -0.336. The van der Waals surface area contributed by atoms with E-state index in [0.717, 1.165) is 36.1 Å². The van der Waals surface area contributed by atoms with Crippen molar-refractivity contribution in [3.63, 3.8) is 0 Å². The Morgan fingerprint density at radius 3 is 2.88 bits per heavy atom. The maximum absolute atomic E-state index is 12.1. The predicted molar refractivity (Wildman–Crippen MR) is 97.9 cm³/mol. The van der Waals surface area contributed by atoms with Crippen molar-refractivity contribution in [2.45, 2.75) is 38.5 Å². The SMILES string of the molecule is N#Cc1c(NC(=O)COC(=O)Cc2cccs2)sc2c1CCCCC2. The van der Waals surface area contributed by atoms with E-state index >= 15 is 0 Å². The van der Waals surface area contributed by atoms with E-state index in [4.69, 9.17) is 4.74 Å². The average Bonchev–Trinajstić information content (AvgIpc) is 3.14. The van der Waals surface area contributed by atoms with Crippen LogP contribution in [0, 0.1) is 11.3 Å². The first-order valence-corrected chi connectivity index (χ1v) is 9.89. The molecule has 0 radical (unpaired) electrons. The van der Waals surface area contributed by atoms with E-state index in [0.29, 0.717) is 10.6 Å². The van der Waals surface area contributed by atoms with Crippen molar-refractivity contribution >= 4 is 39.6 Å². The molecule has 130 valence electrons. The van der Waals surface area contributed by atoms with Gasteiger partial charge in [-0.2, -0.15) is 5.26 Å². The molecule has 0 aliphatic heterocycles. The zero-order valence-electron chi connectivity index (χ0n) is 13.7. The molecule has 2 aromatic rings. The van der Waals surface area contributed by atoms with Crippen molar-refractivity contribution in [3.8, 4) is 6.07 Å². The number of esters is 1. The zero-order chi connectivity index (χ0) is 17.6. The highest BCUT2D eigenvalue weighted by Crippen LogP contribution is 2.36. The smallest absolute Gasteiger partial charge is 0.311 e. The molecule has 1 amide bonds. The van der Waals surface area contributed by atoms with Crippen LogP contribution in [0.2, 0.25) is 0 Å². The molecule has 1 aliphatic carbocycles. The first-order valence-electron chi connectivity index (χ1n) is 8.20. The number of carbonyl (C=O) groups is 2. The molecule has 2 aromatic heterocycles. The van der Waals surface area contributed by atoms with E-state index in [2.05, 4.69) is 11.4 Å². The van der Waals surface area contributed by atoms with Gasteiger partial charge in [-0.15, -0.1) is 22.7 Å². The van der Waals surface area contributed by atoms with Gasteiger partial charge in [-0.3, -0.25) is 9.59 Å². The van der Waals surface area contributed by atoms with Gasteiger partial charge in [-0.25, -0.2) is 0 Å². The topological polar surface area (TPSA) is 79.2 Å². The van der Waals surface area contributed by atoms with E-state index in [9.17, 15) is 14.9 Å². The third-order valence-electron chi connectivity index (χ3n) is 4.05. The number of hydrogen-bond acceptors (Lipinski definition) is 6. The molecule has 7 heteroatoms. The van der Waals surface area contributed by atoms with Gasteiger partial charge in [0, 0.05) is 9.75 Å². The number of ether oxygens (including phenoxy) is 1. The molecular weight excluding hydrogens is 356 g/mol. The Bertz CT molecular complexity index is 803. The summed E-state index contributed by atoms with van der Waals surface area (Å²) >= 11 is 2.95. The molecule has 0 saturated carbocycles. The third-order valence-corrected chi connectivity index (χ3v) is 6.13. The minimum absolute atomic E-state index is 0.168. The molecule has 0 fully saturated rings. The fourth-order valence-electron chi connectivity index (χ4n) is 2.86. The van der Waals surface area contributed by atoms with E-state index in [1.54, 1.807) is 0 Å². The summed E-state index contributed by atoms with van der Waals surface area (Å²) in [5, 5.41) is 14.7. The zero-order valence-corrected chi connectivity index (χ0v) is 15.3. The summed E-state index contributed by atoms with van der Waals surface area (Å²) in [6.07, 6.45) is 5.38. The second kappa shape index (κ2) is 8.28. The summed E-state index contributed by atoms with van der Waals surface area (Å²) in [4.78, 5) is 25.9. The third kappa shape index (κ3) is 4.47. The summed E-state index contributed by atoms with van der Waals surface area (Å²) in [5.41, 5.74) is 1.65. The van der Waals surface area contributed by atoms with Gasteiger partial charge >= 0.3 is 5.97 Å². The number of aryl methyl sites for hydroxylation is 1. The fraction of sp³-hybridized carbons (Fsp3) is 0.389. The Labute approximate surface area is 154 Å². The number of rotatable bonds is 5. The van der Waals surface area contributed by atoms with Crippen LogP contribution in [0.5, 0.6) is 0 Å². The Hall–Kier alpha value is -2.17. The first-order chi connectivity index (χ1) is 12.2. The van der Waals surface area contributed by atoms with Gasteiger partial charge in [-0.1, -0.05) is 12.5 Å². The molecule has 2 heterocycles. The Balaban J connectivity index is 1.58. The molecule has 0 aromatic carbocycles. The van der Waals surface area contributed by atoms with E-state index in [1.807, 2.05) is 17.5 Å². The summed E-state index contributed by atoms with van der Waals surface area (Å²) in [7, 11) is 0. The number of nitrogens with one attached hydrogen (secondary N) is 1. The summed E-state index contributed by atoms with van der Waals surface area (Å²) in [5.74, 6) is -0.840. The maximum atomic E-state index is 12.1. The number of amides is 1. The van der Waals surface area contributed by atoms with Gasteiger partial charge in [0.2, 0.25) is 0 Å². The van der Waals surface area contributed by atoms with Crippen LogP contribution in [0.4, 0.5) is 5.00 Å². The molecule has 25 heavy (non-hydrogen) atoms. The number of anilines is 1. The van der Waals surface area contributed by atoms with Crippen LogP contribution in [-0.2, 0) is 33.6 Å². The normalized spacial score (nSPS) is 13.4. The number of carbonyl (C=O) groups excluding carboxylic acids is 2. The Morgan fingerprint density at radius 1 is 1.28 bits per heavy atom. The molecule has 0 saturated heterocycles. The van der Waals surface area contributed by atoms with Crippen molar-refractivity contribution < 1.29 is 14.3 Å². The van der Waals surface area contributed by atoms with Crippen LogP contribution in [-0.4, -0.2) is 18.5 Å². The molecule has 5 nitrogen and oxygen atoms in total. The maximum Gasteiger partial charge on any atom is 0.311 e. The van der Waals surface area contributed by atoms with Gasteiger partial charge < -0.3 is 10.1 Å². The lowest BCUT2D eigenvalue weighted by atomic mass is 10.1. The van der Waals surface area contributed by atoms with Gasteiger partial charge in [0.05, 0.1) is 12.0 Å². The number of thiophene rings is 2. The predicted octanol–water partition coefficient (Wildman–Crippen LogP) is 3.67. The number of nitrogens with zero attached hydrogens (tertiary/aromatic N) is 1. The van der Waals surface area contributed by atoms with Crippen molar-refractivity contribution in [3.05, 3.63) is 38.4 Å². The lowest BCUT2D eigenvalue weighted by molar-refractivity contribution is -0.146. The quantitative estimate of drug-likeness (QED) is 0.640. The standard InChI is InChI=1S/C18H18N2O3S2/c19-10-14-13-6-2-1-3-7-15(13)25-18(14)20-16(21)11-23-17(22)9-12-5-4-8-24-12/h4-5,8H,1-3,6-7,9,11H2,(H,20,21). The largest absolute Gasteiger partial charge is 0.455 e. The Morgan fingerprint density at radius 2 is 2.12 bits per heavy atom. The fourth-order valence-corrected chi connectivity index (χ4v) is 4.81. The second-order valence-electron chi connectivity index (χ2n) is 5.85. The van der Waals surface area contributed by atoms with Crippen LogP contribution >= 0.6 is 22.7 Å². The van der Waals surface area contributed by atoms with Gasteiger partial charge in [0.15, 0.2) is 6.61 Å². The molecule has 1 aliphatic rings. The van der Waals surface area contributed by atoms with Crippen LogP contribution in [0.3, 0.4) is 0 Å². The molecular formula is C18H18N2O3S2. The van der Waals surface area contributed by atoms with E-state index in [1.165, 1.54) is 34.0 Å².